The van der Waals surface area contributed by atoms with E-state index in [0.29, 0.717) is 0 Å². The fourth-order valence-electron chi connectivity index (χ4n) is 1.07. The zero-order chi connectivity index (χ0) is 9.90. The fraction of sp³-hybridized carbons (Fsp3) is 0.600. The van der Waals surface area contributed by atoms with Gasteiger partial charge in [0, 0.05) is 18.4 Å². The molecule has 0 aromatic carbocycles. The maximum atomic E-state index is 8.81. The number of nitriles is 1. The third kappa shape index (κ3) is 2.59. The molecule has 3 nitrogen and oxygen atoms in total. The van der Waals surface area contributed by atoms with Gasteiger partial charge in [-0.15, -0.1) is 0 Å². The van der Waals surface area contributed by atoms with Crippen molar-refractivity contribution >= 4 is 0 Å². The van der Waals surface area contributed by atoms with E-state index in [-0.39, 0.29) is 5.41 Å². The smallest absolute Gasteiger partial charge is 0.0684 e. The highest BCUT2D eigenvalue weighted by Crippen LogP contribution is 2.19. The minimum absolute atomic E-state index is 0.252. The van der Waals surface area contributed by atoms with Crippen LogP contribution in [0.15, 0.2) is 12.3 Å². The summed E-state index contributed by atoms with van der Waals surface area (Å²) in [5.74, 6) is 0. The fourth-order valence-corrected chi connectivity index (χ4v) is 1.07. The summed E-state index contributed by atoms with van der Waals surface area (Å²) in [4.78, 5) is 0. The average molecular weight is 177 g/mol. The topological polar surface area (TPSA) is 41.6 Å². The van der Waals surface area contributed by atoms with Crippen LogP contribution in [0.3, 0.4) is 0 Å². The minimum atomic E-state index is -0.252. The van der Waals surface area contributed by atoms with Crippen LogP contribution >= 0.6 is 0 Å². The van der Waals surface area contributed by atoms with Crippen LogP contribution in [0, 0.1) is 23.7 Å². The third-order valence-corrected chi connectivity index (χ3v) is 2.18. The number of aryl methyl sites for hydroxylation is 2. The highest BCUT2D eigenvalue weighted by Gasteiger charge is 2.16. The summed E-state index contributed by atoms with van der Waals surface area (Å²) in [6.07, 6.45) is 2.63. The van der Waals surface area contributed by atoms with E-state index in [4.69, 9.17) is 5.26 Å². The molecule has 3 heteroatoms. The van der Waals surface area contributed by atoms with Crippen molar-refractivity contribution in [3.63, 3.8) is 0 Å². The lowest BCUT2D eigenvalue weighted by Gasteiger charge is -2.15. The average Bonchev–Trinajstić information content (AvgIpc) is 2.48. The van der Waals surface area contributed by atoms with Crippen LogP contribution in [0.1, 0.15) is 26.0 Å². The first-order valence-electron chi connectivity index (χ1n) is 4.45. The second-order valence-electron chi connectivity index (χ2n) is 3.94. The van der Waals surface area contributed by atoms with Gasteiger partial charge in [-0.1, -0.05) is 0 Å². The van der Waals surface area contributed by atoms with Crippen molar-refractivity contribution in [3.05, 3.63) is 18.0 Å². The number of hydrogen-bond acceptors (Lipinski definition) is 2. The third-order valence-electron chi connectivity index (χ3n) is 2.18. The summed E-state index contributed by atoms with van der Waals surface area (Å²) in [5.41, 5.74) is 0.895. The van der Waals surface area contributed by atoms with E-state index in [2.05, 4.69) is 11.2 Å². The zero-order valence-corrected chi connectivity index (χ0v) is 8.41. The Hall–Kier alpha value is -1.30. The highest BCUT2D eigenvalue weighted by atomic mass is 15.3. The Balaban J connectivity index is 2.54. The van der Waals surface area contributed by atoms with E-state index in [1.807, 2.05) is 31.5 Å². The minimum Gasteiger partial charge on any atom is -0.270 e. The van der Waals surface area contributed by atoms with Gasteiger partial charge in [0.15, 0.2) is 0 Å². The van der Waals surface area contributed by atoms with Crippen molar-refractivity contribution in [1.82, 2.24) is 9.78 Å². The molecule has 0 unspecified atom stereocenters. The molecule has 13 heavy (non-hydrogen) atoms. The van der Waals surface area contributed by atoms with Crippen LogP contribution in [0.2, 0.25) is 0 Å². The van der Waals surface area contributed by atoms with Gasteiger partial charge in [-0.2, -0.15) is 10.4 Å². The van der Waals surface area contributed by atoms with Gasteiger partial charge >= 0.3 is 0 Å². The van der Waals surface area contributed by atoms with Gasteiger partial charge in [0.25, 0.3) is 0 Å². The van der Waals surface area contributed by atoms with Gasteiger partial charge < -0.3 is 0 Å². The molecule has 0 bridgehead atoms. The first-order valence-corrected chi connectivity index (χ1v) is 4.45. The molecule has 0 aliphatic carbocycles. The van der Waals surface area contributed by atoms with Crippen LogP contribution < -0.4 is 0 Å². The molecule has 0 N–H and O–H groups in total. The summed E-state index contributed by atoms with van der Waals surface area (Å²) < 4.78 is 1.93. The maximum Gasteiger partial charge on any atom is 0.0684 e. The molecular weight excluding hydrogens is 162 g/mol. The first-order chi connectivity index (χ1) is 6.05. The molecule has 1 aromatic heterocycles. The van der Waals surface area contributed by atoms with E-state index in [1.165, 1.54) is 0 Å². The molecule has 0 spiro atoms. The lowest BCUT2D eigenvalue weighted by Crippen LogP contribution is -2.13. The van der Waals surface area contributed by atoms with Crippen LogP contribution in [-0.4, -0.2) is 9.78 Å². The summed E-state index contributed by atoms with van der Waals surface area (Å²) >= 11 is 0. The van der Waals surface area contributed by atoms with Gasteiger partial charge in [0.1, 0.15) is 0 Å². The molecule has 0 radical (unpaired) electrons. The van der Waals surface area contributed by atoms with Crippen LogP contribution in [-0.2, 0) is 6.54 Å². The summed E-state index contributed by atoms with van der Waals surface area (Å²) in [6.45, 7) is 6.74. The van der Waals surface area contributed by atoms with Gasteiger partial charge in [-0.25, -0.2) is 0 Å². The molecule has 0 atom stereocenters. The predicted molar refractivity (Wildman–Crippen MR) is 51.0 cm³/mol. The van der Waals surface area contributed by atoms with Gasteiger partial charge in [-0.05, 0) is 33.3 Å². The summed E-state index contributed by atoms with van der Waals surface area (Å²) in [7, 11) is 0. The van der Waals surface area contributed by atoms with Crippen molar-refractivity contribution in [2.24, 2.45) is 5.41 Å². The summed E-state index contributed by atoms with van der Waals surface area (Å²) in [5, 5.41) is 13.0. The Kier molecular flexibility index (Phi) is 2.72. The number of aromatic nitrogens is 2. The normalized spacial score (nSPS) is 11.2. The monoisotopic (exact) mass is 177 g/mol. The molecule has 0 aliphatic rings. The molecule has 0 saturated heterocycles. The van der Waals surface area contributed by atoms with Crippen molar-refractivity contribution < 1.29 is 0 Å². The van der Waals surface area contributed by atoms with Gasteiger partial charge in [0.05, 0.1) is 11.5 Å². The Morgan fingerprint density at radius 2 is 2.31 bits per heavy atom. The van der Waals surface area contributed by atoms with Gasteiger partial charge in [-0.3, -0.25) is 4.68 Å². The van der Waals surface area contributed by atoms with E-state index < -0.39 is 0 Å². The van der Waals surface area contributed by atoms with Crippen molar-refractivity contribution in [2.75, 3.05) is 0 Å². The standard InChI is InChI=1S/C10H15N3/c1-9-4-6-12-13(9)7-5-10(2,3)8-11/h4,6H,5,7H2,1-3H3. The van der Waals surface area contributed by atoms with E-state index in [1.54, 1.807) is 6.20 Å². The summed E-state index contributed by atoms with van der Waals surface area (Å²) in [6, 6.07) is 4.25. The van der Waals surface area contributed by atoms with Crippen LogP contribution in [0.4, 0.5) is 0 Å². The SMILES string of the molecule is Cc1ccnn1CCC(C)(C)C#N. The number of nitrogens with zero attached hydrogens (tertiary/aromatic N) is 3. The molecule has 1 heterocycles. The number of rotatable bonds is 3. The quantitative estimate of drug-likeness (QED) is 0.709. The predicted octanol–water partition coefficient (Wildman–Crippen LogP) is 2.13. The van der Waals surface area contributed by atoms with Crippen molar-refractivity contribution in [2.45, 2.75) is 33.7 Å². The Labute approximate surface area is 79.0 Å². The Bertz CT molecular complexity index is 317. The first kappa shape index (κ1) is 9.79. The highest BCUT2D eigenvalue weighted by molar-refractivity contribution is 4.97. The van der Waals surface area contributed by atoms with Crippen molar-refractivity contribution in [3.8, 4) is 6.07 Å². The second kappa shape index (κ2) is 3.61. The van der Waals surface area contributed by atoms with Crippen LogP contribution in [0.25, 0.3) is 0 Å². The lowest BCUT2D eigenvalue weighted by molar-refractivity contribution is 0.396. The molecule has 70 valence electrons. The molecule has 1 rings (SSSR count). The lowest BCUT2D eigenvalue weighted by atomic mass is 9.91. The number of hydrogen-bond donors (Lipinski definition) is 0. The largest absolute Gasteiger partial charge is 0.270 e. The van der Waals surface area contributed by atoms with Crippen molar-refractivity contribution in [1.29, 1.82) is 5.26 Å². The molecule has 0 aliphatic heterocycles. The Morgan fingerprint density at radius 3 is 2.77 bits per heavy atom. The van der Waals surface area contributed by atoms with E-state index in [0.717, 1.165) is 18.7 Å². The van der Waals surface area contributed by atoms with E-state index in [9.17, 15) is 0 Å². The molecule has 0 fully saturated rings. The molecule has 0 amide bonds. The second-order valence-corrected chi connectivity index (χ2v) is 3.94. The molecule has 0 saturated carbocycles. The van der Waals surface area contributed by atoms with E-state index >= 15 is 0 Å². The Morgan fingerprint density at radius 1 is 1.62 bits per heavy atom. The molecule has 1 aromatic rings. The van der Waals surface area contributed by atoms with Crippen LogP contribution in [0.5, 0.6) is 0 Å². The maximum absolute atomic E-state index is 8.81. The van der Waals surface area contributed by atoms with Gasteiger partial charge in [0.2, 0.25) is 0 Å². The zero-order valence-electron chi connectivity index (χ0n) is 8.41. The molecular formula is C10H15N3.